The summed E-state index contributed by atoms with van der Waals surface area (Å²) in [5, 5.41) is 67.7. The molecule has 86 heavy (non-hydrogen) atoms. The predicted octanol–water partition coefficient (Wildman–Crippen LogP) is 6.28. The number of primary sulfonamides is 2. The Morgan fingerprint density at radius 2 is 0.628 bits per heavy atom. The van der Waals surface area contributed by atoms with Crippen LogP contribution in [0.25, 0.3) is 32.3 Å². The summed E-state index contributed by atoms with van der Waals surface area (Å²) in [7, 11) is -42.5. The first-order valence-electron chi connectivity index (χ1n) is 21.9. The highest BCUT2D eigenvalue weighted by Crippen LogP contribution is 2.51. The van der Waals surface area contributed by atoms with E-state index in [0.717, 1.165) is 60.7 Å². The first kappa shape index (κ1) is 63.4. The highest BCUT2D eigenvalue weighted by Gasteiger charge is 2.33. The minimum atomic E-state index is -5.81. The first-order chi connectivity index (χ1) is 39.4. The lowest BCUT2D eigenvalue weighted by atomic mass is 10.0. The zero-order valence-electron chi connectivity index (χ0n) is 41.4. The van der Waals surface area contributed by atoms with Gasteiger partial charge in [-0.1, -0.05) is 0 Å². The summed E-state index contributed by atoms with van der Waals surface area (Å²) in [5.41, 5.74) is -1.98. The molecule has 0 bridgehead atoms. The lowest BCUT2D eigenvalue weighted by molar-refractivity contribution is 0.471. The molecule has 15 N–H and O–H groups in total. The molecule has 0 aliphatic carbocycles. The van der Waals surface area contributed by atoms with Gasteiger partial charge in [0.05, 0.1) is 32.2 Å². The molecular formula is C42H31N11O25S8. The number of hydrogen-bond donors (Lipinski definition) is 12. The molecule has 0 amide bonds. The van der Waals surface area contributed by atoms with E-state index >= 15 is 0 Å². The van der Waals surface area contributed by atoms with Crippen LogP contribution in [0.5, 0.6) is 17.2 Å². The van der Waals surface area contributed by atoms with Gasteiger partial charge in [-0.05, 0) is 97.1 Å². The number of rotatable bonds is 16. The van der Waals surface area contributed by atoms with Crippen molar-refractivity contribution in [3.8, 4) is 17.2 Å². The fraction of sp³-hybridized carbons (Fsp3) is 0. The topological polar surface area (TPSA) is 632 Å². The van der Waals surface area contributed by atoms with Crippen LogP contribution >= 0.6 is 0 Å². The number of hydrogen-bond acceptors (Lipinski definition) is 28. The van der Waals surface area contributed by atoms with Crippen LogP contribution in [0.3, 0.4) is 0 Å². The Kier molecular flexibility index (Phi) is 16.0. The number of azo groups is 4. The summed E-state index contributed by atoms with van der Waals surface area (Å²) in [6.45, 7) is 0. The van der Waals surface area contributed by atoms with E-state index in [4.69, 9.17) is 16.0 Å². The van der Waals surface area contributed by atoms with E-state index < -0.39 is 204 Å². The van der Waals surface area contributed by atoms with E-state index in [1.807, 2.05) is 0 Å². The quantitative estimate of drug-likeness (QED) is 0.0287. The third kappa shape index (κ3) is 12.7. The van der Waals surface area contributed by atoms with E-state index in [-0.39, 0.29) is 22.3 Å². The van der Waals surface area contributed by atoms with E-state index in [1.165, 1.54) is 0 Å². The molecule has 44 heteroatoms. The molecule has 0 atom stereocenters. The van der Waals surface area contributed by atoms with Gasteiger partial charge in [0.25, 0.3) is 60.7 Å². The molecule has 0 heterocycles. The molecule has 0 aliphatic heterocycles. The van der Waals surface area contributed by atoms with Crippen molar-refractivity contribution in [3.63, 3.8) is 0 Å². The Morgan fingerprint density at radius 1 is 0.314 bits per heavy atom. The molecule has 8 aromatic rings. The normalized spacial score (nSPS) is 13.6. The van der Waals surface area contributed by atoms with Gasteiger partial charge in [-0.3, -0.25) is 27.3 Å². The second-order valence-corrected chi connectivity index (χ2v) is 28.6. The predicted molar refractivity (Wildman–Crippen MR) is 292 cm³/mol. The molecular weight excluding hydrogens is 1320 g/mol. The maximum Gasteiger partial charge on any atom is 0.297 e. The molecule has 452 valence electrons. The van der Waals surface area contributed by atoms with Crippen molar-refractivity contribution in [1.29, 1.82) is 0 Å². The number of nitrogens with two attached hydrogens (primary N) is 3. The zero-order chi connectivity index (χ0) is 64.0. The molecule has 36 nitrogen and oxygen atoms in total. The van der Waals surface area contributed by atoms with Crippen LogP contribution in [-0.4, -0.2) is 110 Å². The van der Waals surface area contributed by atoms with E-state index in [9.17, 15) is 110 Å². The van der Waals surface area contributed by atoms with Crippen LogP contribution in [0, 0.1) is 0 Å². The number of aromatic hydroxyl groups is 3. The van der Waals surface area contributed by atoms with Gasteiger partial charge in [0.2, 0.25) is 20.0 Å². The van der Waals surface area contributed by atoms with Crippen LogP contribution in [0.1, 0.15) is 0 Å². The third-order valence-corrected chi connectivity index (χ3v) is 18.9. The van der Waals surface area contributed by atoms with Crippen LogP contribution in [0.15, 0.2) is 177 Å². The van der Waals surface area contributed by atoms with E-state index in [1.54, 1.807) is 0 Å². The molecule has 0 saturated heterocycles. The fourth-order valence-electron chi connectivity index (χ4n) is 7.98. The average Bonchev–Trinajstić information content (AvgIpc) is 0.825. The van der Waals surface area contributed by atoms with Crippen molar-refractivity contribution >= 4 is 164 Å². The lowest BCUT2D eigenvalue weighted by Crippen LogP contribution is -2.11. The molecule has 0 fully saturated rings. The molecule has 0 unspecified atom stereocenters. The fourth-order valence-corrected chi connectivity index (χ4v) is 13.3. The van der Waals surface area contributed by atoms with Crippen molar-refractivity contribution in [2.24, 2.45) is 51.2 Å². The molecule has 8 rings (SSSR count). The second kappa shape index (κ2) is 21.7. The highest BCUT2D eigenvalue weighted by molar-refractivity contribution is 7.89. The number of sulfonamides is 2. The van der Waals surface area contributed by atoms with Crippen molar-refractivity contribution in [1.82, 2.24) is 0 Å². The highest BCUT2D eigenvalue weighted by atomic mass is 32.2. The van der Waals surface area contributed by atoms with Gasteiger partial charge in [-0.15, -0.1) is 30.7 Å². The van der Waals surface area contributed by atoms with Crippen molar-refractivity contribution in [2.45, 2.75) is 39.2 Å². The number of nitrogen functional groups attached to an aromatic ring is 1. The molecule has 0 aliphatic rings. The van der Waals surface area contributed by atoms with Gasteiger partial charge in [-0.2, -0.15) is 60.7 Å². The minimum absolute atomic E-state index is 0.193. The summed E-state index contributed by atoms with van der Waals surface area (Å²) in [6.07, 6.45) is 0. The SMILES string of the molecule is Nc1c(N=Nc2ccc3c(O)c(N=Nc4ccc(S(N)(=O)=O)cc4)c(S(=O)(=O)O)cc3c2S(=O)(=O)O)cc(S(=O)(=O)O)c2cc(S(=O)(=O)O)c(N=Nc3ccc4c(O)c(N=Nc5ccc(S(N)(=O)=O)cc5)c(S(=O)(=O)O)cc4c3S(=O)(=O)O)c(O)c12. The second-order valence-electron chi connectivity index (χ2n) is 17.2. The summed E-state index contributed by atoms with van der Waals surface area (Å²) in [4.78, 5) is -9.51. The van der Waals surface area contributed by atoms with Gasteiger partial charge >= 0.3 is 0 Å². The maximum atomic E-state index is 13.1. The Balaban J connectivity index is 1.30. The van der Waals surface area contributed by atoms with Crippen LogP contribution < -0.4 is 16.0 Å². The largest absolute Gasteiger partial charge is 0.505 e. The Morgan fingerprint density at radius 3 is 0.965 bits per heavy atom. The summed E-state index contributed by atoms with van der Waals surface area (Å²) in [5.74, 6) is -4.14. The number of anilines is 1. The standard InChI is InChI=1S/C42H31N11O25S8/c43-34-28(50-48-26-11-9-21-23(41(26)85(73,74)75)13-30(82(64,65)66)35(38(21)54)51-46-17-1-5-19(6-2-17)79(44,57)58)16-29(81(61,62)63)25-15-32(84(70,71)72)37(40(56)33(25)34)53-49-27-12-10-22-24(42(27)86(76,77)78)14-31(83(67,68)69)36(39(22)55)52-47-18-3-7-20(8-4-18)80(45,59)60/h1-16,54-56H,43H2,(H2,44,57,58)(H2,45,59,60)(H,61,62,63)(H,64,65,66)(H,67,68,69)(H,70,71,72)(H,73,74,75)(H,76,77,78). The lowest BCUT2D eigenvalue weighted by Gasteiger charge is -2.15. The van der Waals surface area contributed by atoms with Crippen LogP contribution in [-0.2, 0) is 80.8 Å². The molecule has 0 spiro atoms. The Hall–Kier alpha value is -8.58. The Bertz CT molecular complexity index is 5420. The maximum absolute atomic E-state index is 13.1. The number of phenolic OH excluding ortho intramolecular Hbond substituents is 3. The van der Waals surface area contributed by atoms with Gasteiger partial charge in [-0.25, -0.2) is 27.1 Å². The summed E-state index contributed by atoms with van der Waals surface area (Å²) < 4.78 is 263. The number of benzene rings is 8. The number of phenols is 3. The van der Waals surface area contributed by atoms with Crippen LogP contribution in [0.2, 0.25) is 0 Å². The van der Waals surface area contributed by atoms with Crippen molar-refractivity contribution in [3.05, 3.63) is 97.1 Å². The smallest absolute Gasteiger partial charge is 0.297 e. The molecule has 0 radical (unpaired) electrons. The monoisotopic (exact) mass is 1340 g/mol. The average molecular weight is 1350 g/mol. The zero-order valence-corrected chi connectivity index (χ0v) is 47.9. The van der Waals surface area contributed by atoms with Gasteiger partial charge in [0, 0.05) is 26.9 Å². The minimum Gasteiger partial charge on any atom is -0.505 e. The van der Waals surface area contributed by atoms with Crippen molar-refractivity contribution < 1.29 is 110 Å². The van der Waals surface area contributed by atoms with Gasteiger partial charge < -0.3 is 21.1 Å². The van der Waals surface area contributed by atoms with Gasteiger partial charge in [0.1, 0.15) is 63.5 Å². The third-order valence-electron chi connectivity index (χ3n) is 11.7. The molecule has 0 aromatic heterocycles. The van der Waals surface area contributed by atoms with Gasteiger partial charge in [0.15, 0.2) is 17.2 Å². The first-order valence-corrected chi connectivity index (χ1v) is 33.7. The molecule has 0 saturated carbocycles. The summed E-state index contributed by atoms with van der Waals surface area (Å²) in [6, 6.07) is 12.1. The number of nitrogens with zero attached hydrogens (tertiary/aromatic N) is 8. The molecule has 8 aromatic carbocycles. The number of fused-ring (bicyclic) bond motifs is 3. The van der Waals surface area contributed by atoms with Crippen molar-refractivity contribution in [2.75, 3.05) is 5.73 Å². The summed E-state index contributed by atoms with van der Waals surface area (Å²) >= 11 is 0. The van der Waals surface area contributed by atoms with Crippen LogP contribution in [0.4, 0.5) is 51.2 Å². The van der Waals surface area contributed by atoms with E-state index in [2.05, 4.69) is 40.9 Å². The Labute approximate surface area is 481 Å². The van der Waals surface area contributed by atoms with E-state index in [0.29, 0.717) is 30.3 Å².